The Kier molecular flexibility index (Phi) is 7.00. The molecule has 0 amide bonds. The fourth-order valence-corrected chi connectivity index (χ4v) is 9.34. The lowest BCUT2D eigenvalue weighted by molar-refractivity contribution is 0.620. The molecule has 57 heavy (non-hydrogen) atoms. The molecule has 0 bridgehead atoms. The van der Waals surface area contributed by atoms with Crippen LogP contribution < -0.4 is 0 Å². The minimum atomic E-state index is 0.613. The van der Waals surface area contributed by atoms with Gasteiger partial charge in [0.25, 0.3) is 0 Å². The molecule has 0 unspecified atom stereocenters. The second-order valence-corrected chi connectivity index (χ2v) is 15.3. The van der Waals surface area contributed by atoms with Crippen LogP contribution in [-0.4, -0.2) is 24.5 Å². The summed E-state index contributed by atoms with van der Waals surface area (Å²) in [4.78, 5) is 20.4. The van der Waals surface area contributed by atoms with Crippen molar-refractivity contribution < 1.29 is 4.42 Å². The molecular formula is C50H29N5OS. The van der Waals surface area contributed by atoms with E-state index in [1.807, 2.05) is 66.7 Å². The third kappa shape index (κ3) is 5.10. The van der Waals surface area contributed by atoms with Gasteiger partial charge in [0.1, 0.15) is 5.52 Å². The molecule has 0 radical (unpaired) electrons. The minimum Gasteiger partial charge on any atom is -0.436 e. The van der Waals surface area contributed by atoms with E-state index in [0.717, 1.165) is 60.6 Å². The number of oxazole rings is 1. The van der Waals surface area contributed by atoms with Crippen LogP contribution in [0.3, 0.4) is 0 Å². The van der Waals surface area contributed by atoms with Gasteiger partial charge in [0, 0.05) is 58.9 Å². The van der Waals surface area contributed by atoms with Gasteiger partial charge in [0.15, 0.2) is 23.1 Å². The van der Waals surface area contributed by atoms with Gasteiger partial charge in [0.2, 0.25) is 5.89 Å². The number of hydrogen-bond donors (Lipinski definition) is 0. The van der Waals surface area contributed by atoms with Crippen molar-refractivity contribution in [3.63, 3.8) is 0 Å². The van der Waals surface area contributed by atoms with Crippen LogP contribution in [0.25, 0.3) is 115 Å². The maximum absolute atomic E-state index is 6.33. The molecule has 0 aliphatic rings. The zero-order chi connectivity index (χ0) is 37.5. The van der Waals surface area contributed by atoms with Crippen LogP contribution in [-0.2, 0) is 0 Å². The molecule has 4 heterocycles. The molecule has 7 heteroatoms. The van der Waals surface area contributed by atoms with Gasteiger partial charge < -0.3 is 8.98 Å². The summed E-state index contributed by atoms with van der Waals surface area (Å²) in [7, 11) is 0. The number of para-hydroxylation sites is 2. The highest BCUT2D eigenvalue weighted by Crippen LogP contribution is 2.43. The topological polar surface area (TPSA) is 69.6 Å². The molecule has 6 nitrogen and oxygen atoms in total. The SMILES string of the molecule is c1ccc(-c2nc(-c3ccc(-n4c5ccccc5c5ccccc54)cc3)nc(-c3ccc4ccc5sc6ccc7oc(-c8ccccc8)nc7c6c5c4c3)n2)cc1. The van der Waals surface area contributed by atoms with Crippen molar-refractivity contribution in [2.45, 2.75) is 0 Å². The molecule has 0 saturated heterocycles. The molecule has 8 aromatic carbocycles. The van der Waals surface area contributed by atoms with Crippen LogP contribution in [0.1, 0.15) is 0 Å². The molecule has 12 rings (SSSR count). The first kappa shape index (κ1) is 31.8. The van der Waals surface area contributed by atoms with E-state index >= 15 is 0 Å². The molecule has 266 valence electrons. The van der Waals surface area contributed by atoms with Crippen LogP contribution >= 0.6 is 11.3 Å². The number of rotatable bonds is 5. The van der Waals surface area contributed by atoms with Crippen molar-refractivity contribution in [2.75, 3.05) is 0 Å². The monoisotopic (exact) mass is 747 g/mol. The summed E-state index contributed by atoms with van der Waals surface area (Å²) >= 11 is 1.77. The van der Waals surface area contributed by atoms with Crippen LogP contribution in [0, 0.1) is 0 Å². The number of fused-ring (bicyclic) bond motifs is 10. The predicted octanol–water partition coefficient (Wildman–Crippen LogP) is 13.3. The molecule has 12 aromatic rings. The zero-order valence-electron chi connectivity index (χ0n) is 30.3. The average molecular weight is 748 g/mol. The summed E-state index contributed by atoms with van der Waals surface area (Å²) in [6.45, 7) is 0. The Bertz CT molecular complexity index is 3460. The number of benzene rings is 8. The summed E-state index contributed by atoms with van der Waals surface area (Å²) in [6, 6.07) is 61.0. The highest BCUT2D eigenvalue weighted by atomic mass is 32.1. The van der Waals surface area contributed by atoms with Crippen LogP contribution in [0.15, 0.2) is 180 Å². The average Bonchev–Trinajstić information content (AvgIpc) is 3.99. The standard InChI is InChI=1S/C50H29N5OS/c1-3-11-31(12-4-1)47-52-48(32-21-24-35(25-22-32)55-39-17-9-7-15-36(39)37-16-8-10-18-40(37)55)54-49(53-47)34-20-19-30-23-27-42-44(38(30)29-34)45-43(57-42)28-26-41-46(45)51-50(56-41)33-13-5-2-6-14-33/h1-29H. The fourth-order valence-electron chi connectivity index (χ4n) is 8.22. The van der Waals surface area contributed by atoms with Gasteiger partial charge in [0.05, 0.1) is 11.0 Å². The van der Waals surface area contributed by atoms with E-state index in [2.05, 4.69) is 114 Å². The molecule has 0 fully saturated rings. The van der Waals surface area contributed by atoms with Crippen molar-refractivity contribution in [3.8, 4) is 51.3 Å². The lowest BCUT2D eigenvalue weighted by atomic mass is 10.0. The molecule has 0 atom stereocenters. The maximum atomic E-state index is 6.33. The third-order valence-corrected chi connectivity index (χ3v) is 12.0. The van der Waals surface area contributed by atoms with Crippen molar-refractivity contribution in [1.29, 1.82) is 0 Å². The van der Waals surface area contributed by atoms with Gasteiger partial charge in [-0.05, 0) is 83.6 Å². The summed E-state index contributed by atoms with van der Waals surface area (Å²) < 4.78 is 11.0. The van der Waals surface area contributed by atoms with E-state index in [-0.39, 0.29) is 0 Å². The number of aromatic nitrogens is 5. The highest BCUT2D eigenvalue weighted by Gasteiger charge is 2.19. The van der Waals surface area contributed by atoms with Gasteiger partial charge in [-0.2, -0.15) is 0 Å². The normalized spacial score (nSPS) is 11.9. The fraction of sp³-hybridized carbons (Fsp3) is 0. The summed E-state index contributed by atoms with van der Waals surface area (Å²) in [6.07, 6.45) is 0. The minimum absolute atomic E-state index is 0.613. The number of hydrogen-bond acceptors (Lipinski definition) is 6. The Morgan fingerprint density at radius 3 is 1.67 bits per heavy atom. The van der Waals surface area contributed by atoms with E-state index < -0.39 is 0 Å². The Morgan fingerprint density at radius 2 is 0.965 bits per heavy atom. The lowest BCUT2D eigenvalue weighted by Gasteiger charge is -2.11. The van der Waals surface area contributed by atoms with Gasteiger partial charge in [-0.25, -0.2) is 19.9 Å². The van der Waals surface area contributed by atoms with Crippen LogP contribution in [0.4, 0.5) is 0 Å². The molecular weight excluding hydrogens is 719 g/mol. The Balaban J connectivity index is 1.02. The van der Waals surface area contributed by atoms with Gasteiger partial charge >= 0.3 is 0 Å². The molecule has 0 aliphatic carbocycles. The van der Waals surface area contributed by atoms with Gasteiger partial charge in [-0.15, -0.1) is 11.3 Å². The van der Waals surface area contributed by atoms with E-state index in [1.165, 1.54) is 31.2 Å². The molecule has 0 aliphatic heterocycles. The Hall–Kier alpha value is -7.48. The second kappa shape index (κ2) is 12.5. The molecule has 0 saturated carbocycles. The van der Waals surface area contributed by atoms with Crippen molar-refractivity contribution in [3.05, 3.63) is 176 Å². The summed E-state index contributed by atoms with van der Waals surface area (Å²) in [5, 5.41) is 6.98. The van der Waals surface area contributed by atoms with Crippen molar-refractivity contribution >= 4 is 75.2 Å². The maximum Gasteiger partial charge on any atom is 0.227 e. The quantitative estimate of drug-likeness (QED) is 0.175. The molecule has 0 spiro atoms. The lowest BCUT2D eigenvalue weighted by Crippen LogP contribution is -2.00. The van der Waals surface area contributed by atoms with Crippen LogP contribution in [0.2, 0.25) is 0 Å². The molecule has 4 aromatic heterocycles. The van der Waals surface area contributed by atoms with Gasteiger partial charge in [-0.3, -0.25) is 0 Å². The first-order chi connectivity index (χ1) is 28.2. The van der Waals surface area contributed by atoms with E-state index in [1.54, 1.807) is 11.3 Å². The van der Waals surface area contributed by atoms with E-state index in [4.69, 9.17) is 24.4 Å². The highest BCUT2D eigenvalue weighted by molar-refractivity contribution is 7.26. The number of nitrogens with zero attached hydrogens (tertiary/aromatic N) is 5. The number of thiophene rings is 1. The van der Waals surface area contributed by atoms with Crippen LogP contribution in [0.5, 0.6) is 0 Å². The summed E-state index contributed by atoms with van der Waals surface area (Å²) in [5.74, 6) is 2.47. The van der Waals surface area contributed by atoms with E-state index in [0.29, 0.717) is 23.4 Å². The second-order valence-electron chi connectivity index (χ2n) is 14.2. The predicted molar refractivity (Wildman–Crippen MR) is 234 cm³/mol. The smallest absolute Gasteiger partial charge is 0.227 e. The summed E-state index contributed by atoms with van der Waals surface area (Å²) in [5.41, 5.74) is 8.77. The zero-order valence-corrected chi connectivity index (χ0v) is 31.1. The Morgan fingerprint density at radius 1 is 0.421 bits per heavy atom. The first-order valence-corrected chi connectivity index (χ1v) is 19.7. The van der Waals surface area contributed by atoms with E-state index in [9.17, 15) is 0 Å². The largest absolute Gasteiger partial charge is 0.436 e. The van der Waals surface area contributed by atoms with Gasteiger partial charge in [-0.1, -0.05) is 103 Å². The third-order valence-electron chi connectivity index (χ3n) is 10.9. The van der Waals surface area contributed by atoms with Crippen molar-refractivity contribution in [2.24, 2.45) is 0 Å². The molecule has 0 N–H and O–H groups in total. The first-order valence-electron chi connectivity index (χ1n) is 18.9. The van der Waals surface area contributed by atoms with Crippen molar-refractivity contribution in [1.82, 2.24) is 24.5 Å². The Labute approximate surface area is 330 Å².